The fourth-order valence-corrected chi connectivity index (χ4v) is 2.97. The van der Waals surface area contributed by atoms with Gasteiger partial charge in [-0.15, -0.1) is 12.4 Å². The van der Waals surface area contributed by atoms with Crippen molar-refractivity contribution in [3.05, 3.63) is 29.8 Å². The van der Waals surface area contributed by atoms with E-state index in [2.05, 4.69) is 10.6 Å². The number of halogens is 4. The number of benzene rings is 1. The first-order valence-corrected chi connectivity index (χ1v) is 6.87. The number of alkyl halides is 3. The summed E-state index contributed by atoms with van der Waals surface area (Å²) >= 11 is 0. The summed E-state index contributed by atoms with van der Waals surface area (Å²) in [6.07, 6.45) is -4.36. The molecule has 2 amide bonds. The average Bonchev–Trinajstić information content (AvgIpc) is 2.98. The van der Waals surface area contributed by atoms with Gasteiger partial charge in [-0.3, -0.25) is 0 Å². The van der Waals surface area contributed by atoms with Gasteiger partial charge in [-0.2, -0.15) is 13.2 Å². The zero-order chi connectivity index (χ0) is 15.0. The number of fused-ring (bicyclic) bond motifs is 1. The van der Waals surface area contributed by atoms with Crippen LogP contribution in [0.15, 0.2) is 24.3 Å². The number of carbonyl (C=O) groups excluding carboxylic acids is 1. The van der Waals surface area contributed by atoms with Gasteiger partial charge in [0.05, 0.1) is 5.56 Å². The molecule has 3 rings (SSSR count). The Kier molecular flexibility index (Phi) is 4.87. The summed E-state index contributed by atoms with van der Waals surface area (Å²) in [5, 5.41) is 5.94. The lowest BCUT2D eigenvalue weighted by atomic mass is 10.0. The van der Waals surface area contributed by atoms with Gasteiger partial charge in [0.1, 0.15) is 0 Å². The van der Waals surface area contributed by atoms with Gasteiger partial charge in [-0.25, -0.2) is 4.79 Å². The summed E-state index contributed by atoms with van der Waals surface area (Å²) in [4.78, 5) is 13.8. The SMILES string of the molecule is Cl.O=C(Nc1ccc(C(F)(F)F)cc1)N1CC2CNCC2C1. The quantitative estimate of drug-likeness (QED) is 0.829. The standard InChI is InChI=1S/C14H16F3N3O.ClH/c15-14(16,17)11-1-3-12(4-2-11)19-13(21)20-7-9-5-18-6-10(9)8-20;/h1-4,9-10,18H,5-8H2,(H,19,21);1H. The van der Waals surface area contributed by atoms with Crippen LogP contribution in [0.2, 0.25) is 0 Å². The van der Waals surface area contributed by atoms with Crippen molar-refractivity contribution < 1.29 is 18.0 Å². The molecule has 2 N–H and O–H groups in total. The van der Waals surface area contributed by atoms with E-state index in [1.165, 1.54) is 12.1 Å². The van der Waals surface area contributed by atoms with Gasteiger partial charge < -0.3 is 15.5 Å². The molecular formula is C14H17ClF3N3O. The third-order valence-corrected chi connectivity index (χ3v) is 4.14. The van der Waals surface area contributed by atoms with Gasteiger partial charge in [-0.1, -0.05) is 0 Å². The number of hydrogen-bond donors (Lipinski definition) is 2. The van der Waals surface area contributed by atoms with Crippen LogP contribution < -0.4 is 10.6 Å². The number of anilines is 1. The first-order chi connectivity index (χ1) is 9.93. The molecule has 2 aliphatic rings. The summed E-state index contributed by atoms with van der Waals surface area (Å²) in [6.45, 7) is 3.25. The highest BCUT2D eigenvalue weighted by molar-refractivity contribution is 5.89. The Balaban J connectivity index is 0.00000176. The Bertz CT molecular complexity index is 523. The van der Waals surface area contributed by atoms with E-state index in [-0.39, 0.29) is 18.4 Å². The van der Waals surface area contributed by atoms with Gasteiger partial charge in [0.2, 0.25) is 0 Å². The first kappa shape index (κ1) is 16.9. The lowest BCUT2D eigenvalue weighted by Gasteiger charge is -2.18. The highest BCUT2D eigenvalue weighted by Crippen LogP contribution is 2.30. The second-order valence-electron chi connectivity index (χ2n) is 5.59. The molecule has 1 aromatic carbocycles. The van der Waals surface area contributed by atoms with E-state index in [4.69, 9.17) is 0 Å². The van der Waals surface area contributed by atoms with Gasteiger partial charge in [0.15, 0.2) is 0 Å². The van der Waals surface area contributed by atoms with Crippen LogP contribution in [0, 0.1) is 11.8 Å². The Morgan fingerprint density at radius 3 is 2.18 bits per heavy atom. The minimum absolute atomic E-state index is 0. The number of hydrogen-bond acceptors (Lipinski definition) is 2. The minimum Gasteiger partial charge on any atom is -0.324 e. The largest absolute Gasteiger partial charge is 0.416 e. The highest BCUT2D eigenvalue weighted by atomic mass is 35.5. The van der Waals surface area contributed by atoms with Crippen molar-refractivity contribution >= 4 is 24.1 Å². The van der Waals surface area contributed by atoms with Gasteiger partial charge >= 0.3 is 12.2 Å². The number of nitrogens with zero attached hydrogens (tertiary/aromatic N) is 1. The van der Waals surface area contributed by atoms with Crippen molar-refractivity contribution in [2.75, 3.05) is 31.5 Å². The Morgan fingerprint density at radius 1 is 1.14 bits per heavy atom. The smallest absolute Gasteiger partial charge is 0.324 e. The topological polar surface area (TPSA) is 44.4 Å². The van der Waals surface area contributed by atoms with Crippen molar-refractivity contribution in [2.24, 2.45) is 11.8 Å². The summed E-state index contributed by atoms with van der Waals surface area (Å²) in [6, 6.07) is 4.25. The first-order valence-electron chi connectivity index (χ1n) is 6.87. The number of likely N-dealkylation sites (tertiary alicyclic amines) is 1. The van der Waals surface area contributed by atoms with Crippen LogP contribution in [-0.2, 0) is 6.18 Å². The highest BCUT2D eigenvalue weighted by Gasteiger charge is 2.38. The summed E-state index contributed by atoms with van der Waals surface area (Å²) in [7, 11) is 0. The molecule has 0 aliphatic carbocycles. The van der Waals surface area contributed by atoms with Crippen molar-refractivity contribution in [1.29, 1.82) is 0 Å². The molecular weight excluding hydrogens is 319 g/mol. The molecule has 2 unspecified atom stereocenters. The maximum Gasteiger partial charge on any atom is 0.416 e. The Labute approximate surface area is 132 Å². The molecule has 1 aromatic rings. The maximum absolute atomic E-state index is 12.5. The molecule has 22 heavy (non-hydrogen) atoms. The normalized spacial score (nSPS) is 23.9. The molecule has 8 heteroatoms. The molecule has 2 heterocycles. The summed E-state index contributed by atoms with van der Waals surface area (Å²) in [5.74, 6) is 0.978. The monoisotopic (exact) mass is 335 g/mol. The number of urea groups is 1. The molecule has 2 aliphatic heterocycles. The van der Waals surface area contributed by atoms with Crippen LogP contribution in [0.25, 0.3) is 0 Å². The van der Waals surface area contributed by atoms with Crippen LogP contribution >= 0.6 is 12.4 Å². The van der Waals surface area contributed by atoms with Crippen LogP contribution in [0.3, 0.4) is 0 Å². The molecule has 0 bridgehead atoms. The summed E-state index contributed by atoms with van der Waals surface area (Å²) < 4.78 is 37.4. The van der Waals surface area contributed by atoms with Gasteiger partial charge in [0.25, 0.3) is 0 Å². The van der Waals surface area contributed by atoms with Crippen molar-refractivity contribution in [1.82, 2.24) is 10.2 Å². The van der Waals surface area contributed by atoms with E-state index >= 15 is 0 Å². The van der Waals surface area contributed by atoms with Crippen molar-refractivity contribution in [3.8, 4) is 0 Å². The lowest BCUT2D eigenvalue weighted by Crippen LogP contribution is -2.35. The predicted molar refractivity (Wildman–Crippen MR) is 79.1 cm³/mol. The van der Waals surface area contributed by atoms with Crippen LogP contribution in [0.5, 0.6) is 0 Å². The molecule has 4 nitrogen and oxygen atoms in total. The second-order valence-corrected chi connectivity index (χ2v) is 5.59. The van der Waals surface area contributed by atoms with Crippen molar-refractivity contribution in [3.63, 3.8) is 0 Å². The summed E-state index contributed by atoms with van der Waals surface area (Å²) in [5.41, 5.74) is -0.342. The molecule has 0 radical (unpaired) electrons. The number of rotatable bonds is 1. The fraction of sp³-hybridized carbons (Fsp3) is 0.500. The fourth-order valence-electron chi connectivity index (χ4n) is 2.97. The van der Waals surface area contributed by atoms with E-state index in [1.807, 2.05) is 0 Å². The minimum atomic E-state index is -4.36. The van der Waals surface area contributed by atoms with Crippen molar-refractivity contribution in [2.45, 2.75) is 6.18 Å². The molecule has 2 fully saturated rings. The third kappa shape index (κ3) is 3.47. The molecule has 0 spiro atoms. The number of amides is 2. The molecule has 0 saturated carbocycles. The van der Waals surface area contributed by atoms with Gasteiger partial charge in [0, 0.05) is 31.9 Å². The third-order valence-electron chi connectivity index (χ3n) is 4.14. The van der Waals surface area contributed by atoms with E-state index < -0.39 is 11.7 Å². The zero-order valence-corrected chi connectivity index (χ0v) is 12.5. The van der Waals surface area contributed by atoms with E-state index in [0.717, 1.165) is 25.2 Å². The second kappa shape index (κ2) is 6.34. The van der Waals surface area contributed by atoms with E-state index in [1.54, 1.807) is 4.90 Å². The average molecular weight is 336 g/mol. The van der Waals surface area contributed by atoms with E-state index in [0.29, 0.717) is 30.6 Å². The van der Waals surface area contributed by atoms with Crippen LogP contribution in [0.1, 0.15) is 5.56 Å². The number of nitrogens with one attached hydrogen (secondary N) is 2. The molecule has 2 atom stereocenters. The molecule has 2 saturated heterocycles. The molecule has 122 valence electrons. The Morgan fingerprint density at radius 2 is 1.68 bits per heavy atom. The van der Waals surface area contributed by atoms with Gasteiger partial charge in [-0.05, 0) is 36.1 Å². The zero-order valence-electron chi connectivity index (χ0n) is 11.7. The van der Waals surface area contributed by atoms with E-state index in [9.17, 15) is 18.0 Å². The lowest BCUT2D eigenvalue weighted by molar-refractivity contribution is -0.137. The molecule has 0 aromatic heterocycles. The predicted octanol–water partition coefficient (Wildman–Crippen LogP) is 2.81. The number of carbonyl (C=O) groups is 1. The maximum atomic E-state index is 12.5. The van der Waals surface area contributed by atoms with Crippen LogP contribution in [-0.4, -0.2) is 37.1 Å². The van der Waals surface area contributed by atoms with Crippen LogP contribution in [0.4, 0.5) is 23.7 Å². The Hall–Kier alpha value is -1.47.